The molecule has 0 saturated heterocycles. The van der Waals surface area contributed by atoms with E-state index >= 15 is 0 Å². The average molecular weight is 452 g/mol. The third-order valence-electron chi connectivity index (χ3n) is 5.20. The Bertz CT molecular complexity index is 1170. The lowest BCUT2D eigenvalue weighted by atomic mass is 10.1. The number of hydrogen-bond acceptors (Lipinski definition) is 5. The summed E-state index contributed by atoms with van der Waals surface area (Å²) < 4.78 is 11.3. The van der Waals surface area contributed by atoms with Gasteiger partial charge in [-0.1, -0.05) is 29.8 Å². The Balaban J connectivity index is 1.59. The summed E-state index contributed by atoms with van der Waals surface area (Å²) in [6.45, 7) is 2.43. The van der Waals surface area contributed by atoms with E-state index in [0.717, 1.165) is 11.1 Å². The zero-order chi connectivity index (χ0) is 22.7. The fourth-order valence-corrected chi connectivity index (χ4v) is 3.81. The maximum atomic E-state index is 13.0. The van der Waals surface area contributed by atoms with Crippen LogP contribution in [0.1, 0.15) is 28.4 Å². The van der Waals surface area contributed by atoms with E-state index in [1.165, 1.54) is 6.20 Å². The van der Waals surface area contributed by atoms with Crippen molar-refractivity contribution in [2.45, 2.75) is 26.1 Å². The highest BCUT2D eigenvalue weighted by atomic mass is 35.5. The van der Waals surface area contributed by atoms with Gasteiger partial charge in [0.05, 0.1) is 12.7 Å². The highest BCUT2D eigenvalue weighted by molar-refractivity contribution is 6.33. The molecule has 7 nitrogen and oxygen atoms in total. The van der Waals surface area contributed by atoms with Gasteiger partial charge in [0.25, 0.3) is 11.8 Å². The van der Waals surface area contributed by atoms with Crippen LogP contribution in [0.3, 0.4) is 0 Å². The second-order valence-corrected chi connectivity index (χ2v) is 7.74. The number of pyridine rings is 1. The van der Waals surface area contributed by atoms with Gasteiger partial charge in [0.1, 0.15) is 16.7 Å². The first-order valence-electron chi connectivity index (χ1n) is 10.1. The number of benzene rings is 2. The minimum atomic E-state index is -0.638. The lowest BCUT2D eigenvalue weighted by molar-refractivity contribution is -0.138. The van der Waals surface area contributed by atoms with Crippen molar-refractivity contribution < 1.29 is 19.1 Å². The number of carbonyl (C=O) groups excluding carboxylic acids is 2. The smallest absolute Gasteiger partial charge is 0.263 e. The van der Waals surface area contributed by atoms with E-state index in [9.17, 15) is 9.59 Å². The van der Waals surface area contributed by atoms with Gasteiger partial charge in [-0.05, 0) is 43.3 Å². The van der Waals surface area contributed by atoms with E-state index in [4.69, 9.17) is 21.1 Å². The molecule has 1 atom stereocenters. The SMILES string of the molecule is COc1ccccc1CN1Cc2cc(NC(=O)c3cccnc3Cl)ccc2O[C@H](C)C1=O. The summed E-state index contributed by atoms with van der Waals surface area (Å²) in [5.41, 5.74) is 2.53. The summed E-state index contributed by atoms with van der Waals surface area (Å²) in [7, 11) is 1.60. The fourth-order valence-electron chi connectivity index (χ4n) is 3.60. The highest BCUT2D eigenvalue weighted by Crippen LogP contribution is 2.30. The van der Waals surface area contributed by atoms with Crippen LogP contribution in [0.5, 0.6) is 11.5 Å². The molecule has 1 aromatic heterocycles. The van der Waals surface area contributed by atoms with Crippen LogP contribution >= 0.6 is 11.6 Å². The number of hydrogen-bond donors (Lipinski definition) is 1. The molecule has 2 heterocycles. The number of halogens is 1. The molecular formula is C24H22ClN3O4. The van der Waals surface area contributed by atoms with Gasteiger partial charge < -0.3 is 19.7 Å². The maximum Gasteiger partial charge on any atom is 0.263 e. The van der Waals surface area contributed by atoms with Crippen LogP contribution in [0.15, 0.2) is 60.8 Å². The van der Waals surface area contributed by atoms with Crippen LogP contribution in [0, 0.1) is 0 Å². The predicted molar refractivity (Wildman–Crippen MR) is 121 cm³/mol. The maximum absolute atomic E-state index is 13.0. The van der Waals surface area contributed by atoms with E-state index in [2.05, 4.69) is 10.3 Å². The molecule has 1 N–H and O–H groups in total. The van der Waals surface area contributed by atoms with Gasteiger partial charge in [-0.2, -0.15) is 0 Å². The molecule has 2 amide bonds. The number of amides is 2. The minimum Gasteiger partial charge on any atom is -0.496 e. The van der Waals surface area contributed by atoms with Gasteiger partial charge in [-0.15, -0.1) is 0 Å². The van der Waals surface area contributed by atoms with E-state index in [1.807, 2.05) is 24.3 Å². The zero-order valence-electron chi connectivity index (χ0n) is 17.7. The monoisotopic (exact) mass is 451 g/mol. The van der Waals surface area contributed by atoms with E-state index in [0.29, 0.717) is 30.3 Å². The molecule has 4 rings (SSSR count). The summed E-state index contributed by atoms with van der Waals surface area (Å²) in [5, 5.41) is 2.96. The van der Waals surface area contributed by atoms with Crippen molar-refractivity contribution in [1.29, 1.82) is 0 Å². The summed E-state index contributed by atoms with van der Waals surface area (Å²) in [4.78, 5) is 31.2. The first-order valence-corrected chi connectivity index (χ1v) is 10.5. The third-order valence-corrected chi connectivity index (χ3v) is 5.50. The molecule has 0 bridgehead atoms. The molecule has 8 heteroatoms. The number of methoxy groups -OCH3 is 1. The van der Waals surface area contributed by atoms with Crippen LogP contribution in [0.4, 0.5) is 5.69 Å². The summed E-state index contributed by atoms with van der Waals surface area (Å²) in [5.74, 6) is 0.825. The predicted octanol–water partition coefficient (Wildman–Crippen LogP) is 4.31. The number of nitrogens with zero attached hydrogens (tertiary/aromatic N) is 2. The molecule has 0 saturated carbocycles. The van der Waals surface area contributed by atoms with Gasteiger partial charge in [0.15, 0.2) is 6.10 Å². The van der Waals surface area contributed by atoms with Crippen molar-refractivity contribution in [3.8, 4) is 11.5 Å². The fraction of sp³-hybridized carbons (Fsp3) is 0.208. The lowest BCUT2D eigenvalue weighted by Crippen LogP contribution is -2.37. The van der Waals surface area contributed by atoms with Crippen LogP contribution in [0.2, 0.25) is 5.15 Å². The minimum absolute atomic E-state index is 0.125. The van der Waals surface area contributed by atoms with Crippen molar-refractivity contribution in [1.82, 2.24) is 9.88 Å². The van der Waals surface area contributed by atoms with Crippen LogP contribution in [-0.4, -0.2) is 34.9 Å². The molecule has 2 aromatic carbocycles. The zero-order valence-corrected chi connectivity index (χ0v) is 18.4. The second-order valence-electron chi connectivity index (χ2n) is 7.38. The van der Waals surface area contributed by atoms with Crippen molar-refractivity contribution in [2.24, 2.45) is 0 Å². The number of para-hydroxylation sites is 1. The normalized spacial score (nSPS) is 15.4. The Morgan fingerprint density at radius 1 is 1.25 bits per heavy atom. The second kappa shape index (κ2) is 9.28. The number of ether oxygens (including phenoxy) is 2. The molecule has 0 fully saturated rings. The Kier molecular flexibility index (Phi) is 6.28. The first-order chi connectivity index (χ1) is 15.5. The quantitative estimate of drug-likeness (QED) is 0.585. The van der Waals surface area contributed by atoms with Crippen molar-refractivity contribution in [3.05, 3.63) is 82.6 Å². The molecule has 0 unspecified atom stereocenters. The highest BCUT2D eigenvalue weighted by Gasteiger charge is 2.28. The molecule has 0 radical (unpaired) electrons. The Morgan fingerprint density at radius 2 is 2.06 bits per heavy atom. The number of nitrogens with one attached hydrogen (secondary N) is 1. The number of aromatic nitrogens is 1. The Labute approximate surface area is 190 Å². The molecule has 3 aromatic rings. The molecule has 1 aliphatic rings. The average Bonchev–Trinajstić information content (AvgIpc) is 2.90. The number of rotatable bonds is 5. The third kappa shape index (κ3) is 4.53. The molecule has 0 aliphatic carbocycles. The van der Waals surface area contributed by atoms with E-state index in [-0.39, 0.29) is 22.5 Å². The number of carbonyl (C=O) groups is 2. The standard InChI is InChI=1S/C24H22ClN3O4/c1-15-24(30)28(13-16-6-3-4-8-20(16)31-2)14-17-12-18(9-10-21(17)32-15)27-23(29)19-7-5-11-26-22(19)25/h3-12,15H,13-14H2,1-2H3,(H,27,29)/t15-/m1/s1. The van der Waals surface area contributed by atoms with Gasteiger partial charge in [-0.25, -0.2) is 4.98 Å². The van der Waals surface area contributed by atoms with Crippen molar-refractivity contribution >= 4 is 29.1 Å². The van der Waals surface area contributed by atoms with Crippen LogP contribution < -0.4 is 14.8 Å². The Morgan fingerprint density at radius 3 is 2.84 bits per heavy atom. The van der Waals surface area contributed by atoms with E-state index in [1.54, 1.807) is 49.3 Å². The van der Waals surface area contributed by atoms with Crippen molar-refractivity contribution in [2.75, 3.05) is 12.4 Å². The first kappa shape index (κ1) is 21.6. The van der Waals surface area contributed by atoms with Gasteiger partial charge >= 0.3 is 0 Å². The Hall–Kier alpha value is -3.58. The van der Waals surface area contributed by atoms with Gasteiger partial charge in [0, 0.05) is 36.1 Å². The summed E-state index contributed by atoms with van der Waals surface area (Å²) >= 11 is 6.03. The molecular weight excluding hydrogens is 430 g/mol. The molecule has 164 valence electrons. The number of anilines is 1. The van der Waals surface area contributed by atoms with Gasteiger partial charge in [-0.3, -0.25) is 9.59 Å². The van der Waals surface area contributed by atoms with Crippen LogP contribution in [0.25, 0.3) is 0 Å². The topological polar surface area (TPSA) is 80.8 Å². The van der Waals surface area contributed by atoms with E-state index < -0.39 is 6.10 Å². The van der Waals surface area contributed by atoms with Crippen molar-refractivity contribution in [3.63, 3.8) is 0 Å². The lowest BCUT2D eigenvalue weighted by Gasteiger charge is -2.23. The largest absolute Gasteiger partial charge is 0.496 e. The summed E-state index contributed by atoms with van der Waals surface area (Å²) in [6.07, 6.45) is 0.883. The molecule has 1 aliphatic heterocycles. The summed E-state index contributed by atoms with van der Waals surface area (Å²) in [6, 6.07) is 16.1. The van der Waals surface area contributed by atoms with Crippen LogP contribution in [-0.2, 0) is 17.9 Å². The molecule has 32 heavy (non-hydrogen) atoms. The van der Waals surface area contributed by atoms with Gasteiger partial charge in [0.2, 0.25) is 0 Å². The number of fused-ring (bicyclic) bond motifs is 1. The molecule has 0 spiro atoms.